The Labute approximate surface area is 195 Å². The Morgan fingerprint density at radius 1 is 1.16 bits per heavy atom. The molecule has 4 rings (SSSR count). The van der Waals surface area contributed by atoms with Crippen LogP contribution < -0.4 is 4.90 Å². The van der Waals surface area contributed by atoms with Gasteiger partial charge < -0.3 is 4.90 Å². The Kier molecular flexibility index (Phi) is 5.67. The van der Waals surface area contributed by atoms with Gasteiger partial charge in [-0.1, -0.05) is 47.5 Å². The van der Waals surface area contributed by atoms with E-state index in [-0.39, 0.29) is 35.1 Å². The molecule has 0 aromatic heterocycles. The molecule has 8 nitrogen and oxygen atoms in total. The van der Waals surface area contributed by atoms with Crippen molar-refractivity contribution < 1.29 is 22.2 Å². The molecule has 0 radical (unpaired) electrons. The van der Waals surface area contributed by atoms with Gasteiger partial charge in [0.25, 0.3) is 16.0 Å². The summed E-state index contributed by atoms with van der Waals surface area (Å²) in [5.41, 5.74) is 0.0440. The molecule has 2 heterocycles. The molecule has 2 atom stereocenters. The first-order valence-electron chi connectivity index (χ1n) is 9.49. The predicted octanol–water partition coefficient (Wildman–Crippen LogP) is 4.04. The van der Waals surface area contributed by atoms with Gasteiger partial charge in [0.15, 0.2) is 5.69 Å². The molecule has 2 unspecified atom stereocenters. The summed E-state index contributed by atoms with van der Waals surface area (Å²) in [7, 11) is -3.79. The van der Waals surface area contributed by atoms with E-state index in [1.54, 1.807) is 24.3 Å². The number of benzene rings is 2. The number of urea groups is 1. The standard InChI is InChI=1S/C21H17Cl2N3O5S/c1-24-16-5-3-13(4-6-16)10-21-11-18(31-32(2,29)30)12-25(21)20(28)26(19(21)27)17-8-14(22)7-15(23)9-17/h3-9,18H,10-12H2,2H3. The van der Waals surface area contributed by atoms with Gasteiger partial charge in [-0.2, -0.15) is 8.42 Å². The van der Waals surface area contributed by atoms with Crippen LogP contribution in [0, 0.1) is 6.57 Å². The van der Waals surface area contributed by atoms with E-state index in [0.717, 1.165) is 16.7 Å². The summed E-state index contributed by atoms with van der Waals surface area (Å²) in [6, 6.07) is 10.5. The number of carbonyl (C=O) groups excluding carboxylic acids is 2. The molecule has 0 spiro atoms. The van der Waals surface area contributed by atoms with Crippen molar-refractivity contribution in [1.29, 1.82) is 0 Å². The lowest BCUT2D eigenvalue weighted by atomic mass is 9.87. The Morgan fingerprint density at radius 3 is 2.34 bits per heavy atom. The summed E-state index contributed by atoms with van der Waals surface area (Å²) in [5, 5.41) is 0.532. The van der Waals surface area contributed by atoms with Crippen molar-refractivity contribution in [2.75, 3.05) is 17.7 Å². The van der Waals surface area contributed by atoms with Crippen molar-refractivity contribution in [3.63, 3.8) is 0 Å². The van der Waals surface area contributed by atoms with Crippen LogP contribution in [0.25, 0.3) is 4.85 Å². The Bertz CT molecular complexity index is 1240. The topological polar surface area (TPSA) is 88.3 Å². The fourth-order valence-corrected chi connectivity index (χ4v) is 5.42. The second-order valence-electron chi connectivity index (χ2n) is 7.77. The van der Waals surface area contributed by atoms with Crippen LogP contribution in [-0.4, -0.2) is 49.7 Å². The van der Waals surface area contributed by atoms with Crippen molar-refractivity contribution in [3.05, 3.63) is 69.5 Å². The molecule has 32 heavy (non-hydrogen) atoms. The molecule has 2 saturated heterocycles. The van der Waals surface area contributed by atoms with Crippen molar-refractivity contribution in [3.8, 4) is 0 Å². The number of rotatable bonds is 5. The Balaban J connectivity index is 1.76. The molecule has 0 aliphatic carbocycles. The smallest absolute Gasteiger partial charge is 0.306 e. The van der Waals surface area contributed by atoms with E-state index in [4.69, 9.17) is 34.0 Å². The van der Waals surface area contributed by atoms with Gasteiger partial charge in [-0.3, -0.25) is 8.98 Å². The fraction of sp³-hybridized carbons (Fsp3) is 0.286. The number of fused-ring (bicyclic) bond motifs is 1. The van der Waals surface area contributed by atoms with Crippen molar-refractivity contribution in [2.24, 2.45) is 0 Å². The average molecular weight is 494 g/mol. The van der Waals surface area contributed by atoms with E-state index in [1.165, 1.54) is 23.1 Å². The Hall–Kier alpha value is -2.64. The van der Waals surface area contributed by atoms with E-state index in [2.05, 4.69) is 4.85 Å². The number of carbonyl (C=O) groups is 2. The fourth-order valence-electron chi connectivity index (χ4n) is 4.29. The molecule has 3 amide bonds. The maximum Gasteiger partial charge on any atom is 0.332 e. The van der Waals surface area contributed by atoms with Crippen LogP contribution in [0.1, 0.15) is 12.0 Å². The van der Waals surface area contributed by atoms with Crippen LogP contribution in [-0.2, 0) is 25.5 Å². The van der Waals surface area contributed by atoms with E-state index in [0.29, 0.717) is 5.69 Å². The molecular weight excluding hydrogens is 477 g/mol. The number of halogens is 2. The quantitative estimate of drug-likeness (QED) is 0.356. The summed E-state index contributed by atoms with van der Waals surface area (Å²) >= 11 is 12.2. The lowest BCUT2D eigenvalue weighted by molar-refractivity contribution is -0.124. The third-order valence-corrected chi connectivity index (χ3v) is 6.53. The highest BCUT2D eigenvalue weighted by molar-refractivity contribution is 7.86. The summed E-state index contributed by atoms with van der Waals surface area (Å²) in [6.07, 6.45) is 0.200. The zero-order valence-electron chi connectivity index (χ0n) is 16.8. The van der Waals surface area contributed by atoms with Gasteiger partial charge in [-0.05, 0) is 23.8 Å². The zero-order chi connectivity index (χ0) is 23.3. The van der Waals surface area contributed by atoms with Crippen LogP contribution in [0.2, 0.25) is 10.0 Å². The van der Waals surface area contributed by atoms with Crippen LogP contribution in [0.3, 0.4) is 0 Å². The SMILES string of the molecule is [C-]#[N+]c1ccc(CC23CC(OS(C)(=O)=O)CN2C(=O)N(c2cc(Cl)cc(Cl)c2)C3=O)cc1. The van der Waals surface area contributed by atoms with E-state index < -0.39 is 33.7 Å². The van der Waals surface area contributed by atoms with Gasteiger partial charge in [0.05, 0.1) is 31.2 Å². The minimum Gasteiger partial charge on any atom is -0.306 e. The van der Waals surface area contributed by atoms with Crippen LogP contribution in [0.15, 0.2) is 42.5 Å². The predicted molar refractivity (Wildman–Crippen MR) is 120 cm³/mol. The number of hydrogen-bond donors (Lipinski definition) is 0. The van der Waals surface area contributed by atoms with Crippen LogP contribution in [0.4, 0.5) is 16.2 Å². The van der Waals surface area contributed by atoms with Gasteiger partial charge in [-0.15, -0.1) is 0 Å². The van der Waals surface area contributed by atoms with Gasteiger partial charge in [0.2, 0.25) is 0 Å². The first-order valence-corrected chi connectivity index (χ1v) is 12.1. The summed E-state index contributed by atoms with van der Waals surface area (Å²) in [4.78, 5) is 32.8. The molecule has 2 aromatic carbocycles. The maximum absolute atomic E-state index is 13.7. The van der Waals surface area contributed by atoms with Gasteiger partial charge in [-0.25, -0.2) is 14.5 Å². The minimum absolute atomic E-state index is 0.0000120. The number of amides is 3. The molecule has 0 saturated carbocycles. The maximum atomic E-state index is 13.7. The minimum atomic E-state index is -3.79. The van der Waals surface area contributed by atoms with Crippen LogP contribution >= 0.6 is 23.2 Å². The number of imide groups is 1. The van der Waals surface area contributed by atoms with Gasteiger partial charge in [0, 0.05) is 22.9 Å². The molecule has 11 heteroatoms. The largest absolute Gasteiger partial charge is 0.332 e. The summed E-state index contributed by atoms with van der Waals surface area (Å²) < 4.78 is 28.5. The zero-order valence-corrected chi connectivity index (χ0v) is 19.1. The summed E-state index contributed by atoms with van der Waals surface area (Å²) in [5.74, 6) is -0.519. The van der Waals surface area contributed by atoms with Crippen molar-refractivity contribution in [2.45, 2.75) is 24.5 Å². The monoisotopic (exact) mass is 493 g/mol. The number of nitrogens with zero attached hydrogens (tertiary/aromatic N) is 3. The molecular formula is C21H17Cl2N3O5S. The van der Waals surface area contributed by atoms with E-state index in [9.17, 15) is 18.0 Å². The van der Waals surface area contributed by atoms with E-state index in [1.807, 2.05) is 0 Å². The molecule has 2 aliphatic heterocycles. The van der Waals surface area contributed by atoms with Crippen LogP contribution in [0.5, 0.6) is 0 Å². The third-order valence-electron chi connectivity index (χ3n) is 5.47. The molecule has 2 aliphatic rings. The van der Waals surface area contributed by atoms with Gasteiger partial charge in [0.1, 0.15) is 5.54 Å². The highest BCUT2D eigenvalue weighted by Gasteiger charge is 2.63. The van der Waals surface area contributed by atoms with Crippen molar-refractivity contribution in [1.82, 2.24) is 4.90 Å². The van der Waals surface area contributed by atoms with Gasteiger partial charge >= 0.3 is 6.03 Å². The highest BCUT2D eigenvalue weighted by Crippen LogP contribution is 2.44. The average Bonchev–Trinajstić information content (AvgIpc) is 3.13. The lowest BCUT2D eigenvalue weighted by Crippen LogP contribution is -2.47. The first kappa shape index (κ1) is 22.6. The normalized spacial score (nSPS) is 22.9. The molecule has 0 bridgehead atoms. The lowest BCUT2D eigenvalue weighted by Gasteiger charge is -2.28. The number of anilines is 1. The second kappa shape index (κ2) is 8.05. The van der Waals surface area contributed by atoms with Crippen molar-refractivity contribution >= 4 is 56.6 Å². The molecule has 2 aromatic rings. The third kappa shape index (κ3) is 4.07. The molecule has 2 fully saturated rings. The van der Waals surface area contributed by atoms with E-state index >= 15 is 0 Å². The summed E-state index contributed by atoms with van der Waals surface area (Å²) in [6.45, 7) is 7.03. The molecule has 166 valence electrons. The number of hydrogen-bond acceptors (Lipinski definition) is 5. The second-order valence-corrected chi connectivity index (χ2v) is 10.2. The molecule has 0 N–H and O–H groups in total. The first-order chi connectivity index (χ1) is 15.0. The highest BCUT2D eigenvalue weighted by atomic mass is 35.5. The Morgan fingerprint density at radius 2 is 1.78 bits per heavy atom.